The molecule has 176 valence electrons. The SMILES string of the molecule is COc1ccc2c(c1)C1(CCN(Cc3ccc(Cl)c(Cl)c3)CC1)CN2C(=O)c1ccc(C)cc1. The van der Waals surface area contributed by atoms with Gasteiger partial charge in [0.2, 0.25) is 0 Å². The summed E-state index contributed by atoms with van der Waals surface area (Å²) in [5.74, 6) is 0.891. The van der Waals surface area contributed by atoms with Crippen LogP contribution in [-0.2, 0) is 12.0 Å². The molecular formula is C28H28Cl2N2O2. The van der Waals surface area contributed by atoms with E-state index in [1.807, 2.05) is 66.4 Å². The Bertz CT molecular complexity index is 1220. The Kier molecular flexibility index (Phi) is 6.32. The predicted octanol–water partition coefficient (Wildman–Crippen LogP) is 6.50. The molecule has 0 radical (unpaired) electrons. The molecule has 0 atom stereocenters. The van der Waals surface area contributed by atoms with Gasteiger partial charge in [-0.1, -0.05) is 47.0 Å². The van der Waals surface area contributed by atoms with Crippen LogP contribution < -0.4 is 9.64 Å². The van der Waals surface area contributed by atoms with Crippen LogP contribution in [-0.4, -0.2) is 37.6 Å². The highest BCUT2D eigenvalue weighted by Gasteiger charge is 2.46. The lowest BCUT2D eigenvalue weighted by Crippen LogP contribution is -2.45. The standard InChI is InChI=1S/C28H28Cl2N2O2/c1-19-3-6-21(7-4-19)27(33)32-18-28(23-16-22(34-2)8-10-26(23)32)11-13-31(14-12-28)17-20-5-9-24(29)25(30)15-20/h3-10,15-16H,11-14,17-18H2,1-2H3. The number of likely N-dealkylation sites (tertiary alicyclic amines) is 1. The summed E-state index contributed by atoms with van der Waals surface area (Å²) in [6.07, 6.45) is 1.96. The van der Waals surface area contributed by atoms with Crippen molar-refractivity contribution in [1.82, 2.24) is 4.90 Å². The van der Waals surface area contributed by atoms with E-state index in [1.165, 1.54) is 5.56 Å². The van der Waals surface area contributed by atoms with Crippen molar-refractivity contribution >= 4 is 34.8 Å². The normalized spacial score (nSPS) is 17.1. The Hall–Kier alpha value is -2.53. The molecule has 0 aliphatic carbocycles. The third kappa shape index (κ3) is 4.31. The Morgan fingerprint density at radius 2 is 1.71 bits per heavy atom. The van der Waals surface area contributed by atoms with E-state index in [-0.39, 0.29) is 11.3 Å². The minimum absolute atomic E-state index is 0.0570. The molecule has 1 saturated heterocycles. The highest BCUT2D eigenvalue weighted by molar-refractivity contribution is 6.42. The molecule has 4 nitrogen and oxygen atoms in total. The Morgan fingerprint density at radius 3 is 2.38 bits per heavy atom. The number of methoxy groups -OCH3 is 1. The van der Waals surface area contributed by atoms with Crippen LogP contribution in [0.1, 0.15) is 39.9 Å². The number of halogens is 2. The number of rotatable bonds is 4. The van der Waals surface area contributed by atoms with Gasteiger partial charge >= 0.3 is 0 Å². The van der Waals surface area contributed by atoms with Crippen LogP contribution in [0.3, 0.4) is 0 Å². The van der Waals surface area contributed by atoms with Crippen LogP contribution in [0, 0.1) is 6.92 Å². The molecule has 3 aromatic carbocycles. The Labute approximate surface area is 211 Å². The molecule has 3 aromatic rings. The lowest BCUT2D eigenvalue weighted by Gasteiger charge is -2.40. The number of anilines is 1. The lowest BCUT2D eigenvalue weighted by atomic mass is 9.74. The van der Waals surface area contributed by atoms with Gasteiger partial charge < -0.3 is 9.64 Å². The largest absolute Gasteiger partial charge is 0.497 e. The molecular weight excluding hydrogens is 467 g/mol. The zero-order valence-corrected chi connectivity index (χ0v) is 21.0. The number of hydrogen-bond donors (Lipinski definition) is 0. The smallest absolute Gasteiger partial charge is 0.258 e. The van der Waals surface area contributed by atoms with Crippen LogP contribution in [0.15, 0.2) is 60.7 Å². The summed E-state index contributed by atoms with van der Waals surface area (Å²) in [4.78, 5) is 17.9. The second kappa shape index (κ2) is 9.26. The number of piperidine rings is 1. The number of benzene rings is 3. The first kappa shape index (κ1) is 23.2. The first-order valence-electron chi connectivity index (χ1n) is 11.6. The van der Waals surface area contributed by atoms with Gasteiger partial charge in [0, 0.05) is 29.8 Å². The van der Waals surface area contributed by atoms with Gasteiger partial charge in [-0.25, -0.2) is 0 Å². The van der Waals surface area contributed by atoms with E-state index in [0.29, 0.717) is 16.6 Å². The maximum atomic E-state index is 13.5. The van der Waals surface area contributed by atoms with Gasteiger partial charge in [0.25, 0.3) is 5.91 Å². The molecule has 1 amide bonds. The number of carbonyl (C=O) groups excluding carboxylic acids is 1. The fourth-order valence-electron chi connectivity index (χ4n) is 5.27. The van der Waals surface area contributed by atoms with E-state index >= 15 is 0 Å². The van der Waals surface area contributed by atoms with E-state index < -0.39 is 0 Å². The van der Waals surface area contributed by atoms with E-state index in [1.54, 1.807) is 7.11 Å². The quantitative estimate of drug-likeness (QED) is 0.414. The number of amides is 1. The molecule has 5 rings (SSSR count). The third-order valence-corrected chi connectivity index (χ3v) is 8.01. The van der Waals surface area contributed by atoms with Gasteiger partial charge in [-0.05, 0) is 86.4 Å². The van der Waals surface area contributed by atoms with E-state index in [2.05, 4.69) is 11.0 Å². The minimum Gasteiger partial charge on any atom is -0.497 e. The second-order valence-electron chi connectivity index (χ2n) is 9.45. The number of hydrogen-bond acceptors (Lipinski definition) is 3. The van der Waals surface area contributed by atoms with Crippen molar-refractivity contribution in [3.8, 4) is 5.75 Å². The summed E-state index contributed by atoms with van der Waals surface area (Å²) in [6.45, 7) is 5.46. The molecule has 0 saturated carbocycles. The summed E-state index contributed by atoms with van der Waals surface area (Å²) in [5, 5.41) is 1.17. The van der Waals surface area contributed by atoms with Crippen molar-refractivity contribution in [3.05, 3.63) is 93.0 Å². The Balaban J connectivity index is 1.39. The summed E-state index contributed by atoms with van der Waals surface area (Å²) in [7, 11) is 1.69. The molecule has 1 fully saturated rings. The maximum absolute atomic E-state index is 13.5. The minimum atomic E-state index is -0.0711. The molecule has 0 bridgehead atoms. The number of fused-ring (bicyclic) bond motifs is 2. The monoisotopic (exact) mass is 494 g/mol. The molecule has 0 aromatic heterocycles. The highest BCUT2D eigenvalue weighted by atomic mass is 35.5. The molecule has 1 spiro atoms. The molecule has 34 heavy (non-hydrogen) atoms. The molecule has 6 heteroatoms. The average Bonchev–Trinajstić information content (AvgIpc) is 3.16. The molecule has 0 N–H and O–H groups in total. The molecule has 2 aliphatic rings. The van der Waals surface area contributed by atoms with Gasteiger partial charge in [0.05, 0.1) is 17.2 Å². The topological polar surface area (TPSA) is 32.8 Å². The van der Waals surface area contributed by atoms with Gasteiger partial charge in [0.1, 0.15) is 5.75 Å². The van der Waals surface area contributed by atoms with Crippen molar-refractivity contribution in [3.63, 3.8) is 0 Å². The van der Waals surface area contributed by atoms with E-state index in [9.17, 15) is 4.79 Å². The predicted molar refractivity (Wildman–Crippen MR) is 139 cm³/mol. The molecule has 2 heterocycles. The van der Waals surface area contributed by atoms with Crippen LogP contribution in [0.2, 0.25) is 10.0 Å². The van der Waals surface area contributed by atoms with Crippen LogP contribution in [0.5, 0.6) is 5.75 Å². The summed E-state index contributed by atoms with van der Waals surface area (Å²) in [6, 6.07) is 19.8. The van der Waals surface area contributed by atoms with E-state index in [0.717, 1.165) is 60.6 Å². The van der Waals surface area contributed by atoms with Crippen LogP contribution in [0.25, 0.3) is 0 Å². The number of ether oxygens (including phenoxy) is 1. The van der Waals surface area contributed by atoms with Gasteiger partial charge in [-0.3, -0.25) is 9.69 Å². The highest BCUT2D eigenvalue weighted by Crippen LogP contribution is 2.48. The third-order valence-electron chi connectivity index (χ3n) is 7.27. The van der Waals surface area contributed by atoms with Gasteiger partial charge in [-0.15, -0.1) is 0 Å². The van der Waals surface area contributed by atoms with Crippen LogP contribution >= 0.6 is 23.2 Å². The maximum Gasteiger partial charge on any atom is 0.258 e. The first-order chi connectivity index (χ1) is 16.4. The first-order valence-corrected chi connectivity index (χ1v) is 12.4. The fraction of sp³-hybridized carbons (Fsp3) is 0.321. The van der Waals surface area contributed by atoms with Crippen molar-refractivity contribution in [2.45, 2.75) is 31.7 Å². The van der Waals surface area contributed by atoms with Crippen molar-refractivity contribution in [1.29, 1.82) is 0 Å². The number of nitrogens with zero attached hydrogens (tertiary/aromatic N) is 2. The molecule has 2 aliphatic heterocycles. The van der Waals surface area contributed by atoms with Gasteiger partial charge in [0.15, 0.2) is 0 Å². The van der Waals surface area contributed by atoms with Crippen molar-refractivity contribution in [2.75, 3.05) is 31.6 Å². The van der Waals surface area contributed by atoms with E-state index in [4.69, 9.17) is 27.9 Å². The summed E-state index contributed by atoms with van der Waals surface area (Å²) < 4.78 is 5.55. The lowest BCUT2D eigenvalue weighted by molar-refractivity contribution is 0.0975. The summed E-state index contributed by atoms with van der Waals surface area (Å²) >= 11 is 12.3. The van der Waals surface area contributed by atoms with Crippen LogP contribution in [0.4, 0.5) is 5.69 Å². The molecule has 0 unspecified atom stereocenters. The number of carbonyl (C=O) groups is 1. The Morgan fingerprint density at radius 1 is 0.971 bits per heavy atom. The van der Waals surface area contributed by atoms with Crippen molar-refractivity contribution in [2.24, 2.45) is 0 Å². The zero-order valence-electron chi connectivity index (χ0n) is 19.5. The zero-order chi connectivity index (χ0) is 23.9. The fourth-order valence-corrected chi connectivity index (χ4v) is 5.59. The second-order valence-corrected chi connectivity index (χ2v) is 10.3. The number of aryl methyl sites for hydroxylation is 1. The summed E-state index contributed by atoms with van der Waals surface area (Å²) in [5.41, 5.74) is 5.19. The average molecular weight is 495 g/mol. The van der Waals surface area contributed by atoms with Gasteiger partial charge in [-0.2, -0.15) is 0 Å². The van der Waals surface area contributed by atoms with Crippen molar-refractivity contribution < 1.29 is 9.53 Å².